The zero-order valence-electron chi connectivity index (χ0n) is 13.3. The molecule has 1 atom stereocenters. The van der Waals surface area contributed by atoms with Crippen LogP contribution in [0, 0.1) is 11.2 Å². The molecule has 23 heavy (non-hydrogen) atoms. The van der Waals surface area contributed by atoms with Crippen LogP contribution < -0.4 is 0 Å². The molecule has 1 heterocycles. The van der Waals surface area contributed by atoms with Gasteiger partial charge in [-0.3, -0.25) is 9.59 Å². The van der Waals surface area contributed by atoms with Crippen LogP contribution in [-0.2, 0) is 15.0 Å². The Kier molecular flexibility index (Phi) is 3.90. The minimum atomic E-state index is -0.888. The van der Waals surface area contributed by atoms with Crippen LogP contribution in [0.3, 0.4) is 0 Å². The van der Waals surface area contributed by atoms with Gasteiger partial charge in [0.25, 0.3) is 0 Å². The highest BCUT2D eigenvalue weighted by atomic mass is 19.1. The fourth-order valence-electron chi connectivity index (χ4n) is 3.83. The Hall–Kier alpha value is -1.91. The number of carboxylic acid groups (broad SMARTS) is 1. The number of halogens is 1. The highest BCUT2D eigenvalue weighted by Crippen LogP contribution is 2.46. The fraction of sp³-hybridized carbons (Fsp3) is 0.556. The van der Waals surface area contributed by atoms with Crippen molar-refractivity contribution >= 4 is 11.9 Å². The number of carbonyl (C=O) groups is 2. The lowest BCUT2D eigenvalue weighted by molar-refractivity contribution is -0.156. The van der Waals surface area contributed by atoms with Gasteiger partial charge in [-0.25, -0.2) is 4.39 Å². The summed E-state index contributed by atoms with van der Waals surface area (Å²) in [7, 11) is 0. The van der Waals surface area contributed by atoms with Crippen molar-refractivity contribution in [3.05, 3.63) is 35.6 Å². The number of carboxylic acids is 1. The average Bonchev–Trinajstić information content (AvgIpc) is 2.46. The number of likely N-dealkylation sites (tertiary alicyclic amines) is 1. The van der Waals surface area contributed by atoms with Crippen LogP contribution >= 0.6 is 0 Å². The van der Waals surface area contributed by atoms with E-state index < -0.39 is 16.8 Å². The van der Waals surface area contributed by atoms with Crippen LogP contribution in [0.25, 0.3) is 0 Å². The van der Waals surface area contributed by atoms with Crippen molar-refractivity contribution < 1.29 is 19.1 Å². The van der Waals surface area contributed by atoms with E-state index >= 15 is 0 Å². The lowest BCUT2D eigenvalue weighted by Gasteiger charge is -2.47. The fourth-order valence-corrected chi connectivity index (χ4v) is 3.83. The summed E-state index contributed by atoms with van der Waals surface area (Å²) in [6.45, 7) is 2.52. The maximum Gasteiger partial charge on any atom is 0.311 e. The third kappa shape index (κ3) is 2.62. The van der Waals surface area contributed by atoms with Crippen molar-refractivity contribution in [2.45, 2.75) is 44.4 Å². The van der Waals surface area contributed by atoms with Gasteiger partial charge in [0, 0.05) is 13.1 Å². The quantitative estimate of drug-likeness (QED) is 0.932. The Morgan fingerprint density at radius 3 is 2.52 bits per heavy atom. The van der Waals surface area contributed by atoms with Crippen LogP contribution in [-0.4, -0.2) is 35.0 Å². The number of rotatable bonds is 3. The SMILES string of the molecule is CC1(C(=O)O)CCCN(C(=O)C2(c3cccc(F)c3)CCC2)C1. The Balaban J connectivity index is 1.87. The van der Waals surface area contributed by atoms with Crippen LogP contribution in [0.2, 0.25) is 0 Å². The average molecular weight is 319 g/mol. The molecule has 0 radical (unpaired) electrons. The second kappa shape index (κ2) is 5.62. The molecule has 1 unspecified atom stereocenters. The summed E-state index contributed by atoms with van der Waals surface area (Å²) in [5.41, 5.74) is -0.837. The summed E-state index contributed by atoms with van der Waals surface area (Å²) < 4.78 is 13.6. The molecule has 4 nitrogen and oxygen atoms in total. The molecule has 1 N–H and O–H groups in total. The molecule has 1 saturated carbocycles. The number of amides is 1. The minimum absolute atomic E-state index is 0.0403. The largest absolute Gasteiger partial charge is 0.481 e. The van der Waals surface area contributed by atoms with E-state index in [0.29, 0.717) is 32.2 Å². The molecule has 0 spiro atoms. The first kappa shape index (κ1) is 16.0. The molecular weight excluding hydrogens is 297 g/mol. The Bertz CT molecular complexity index is 641. The van der Waals surface area contributed by atoms with Gasteiger partial charge in [-0.15, -0.1) is 0 Å². The van der Waals surface area contributed by atoms with Gasteiger partial charge >= 0.3 is 5.97 Å². The van der Waals surface area contributed by atoms with Gasteiger partial charge in [-0.1, -0.05) is 18.6 Å². The van der Waals surface area contributed by atoms with Gasteiger partial charge in [-0.2, -0.15) is 0 Å². The molecule has 2 aliphatic rings. The maximum atomic E-state index is 13.6. The van der Waals surface area contributed by atoms with E-state index in [1.54, 1.807) is 24.0 Å². The number of carbonyl (C=O) groups excluding carboxylic acids is 1. The molecule has 124 valence electrons. The van der Waals surface area contributed by atoms with Crippen molar-refractivity contribution in [2.75, 3.05) is 13.1 Å². The number of nitrogens with zero attached hydrogens (tertiary/aromatic N) is 1. The predicted molar refractivity (Wildman–Crippen MR) is 83.5 cm³/mol. The number of piperidine rings is 1. The number of hydrogen-bond acceptors (Lipinski definition) is 2. The van der Waals surface area contributed by atoms with E-state index in [0.717, 1.165) is 12.0 Å². The summed E-state index contributed by atoms with van der Waals surface area (Å²) in [5, 5.41) is 9.44. The lowest BCUT2D eigenvalue weighted by atomic mass is 9.63. The van der Waals surface area contributed by atoms with Gasteiger partial charge < -0.3 is 10.0 Å². The van der Waals surface area contributed by atoms with Gasteiger partial charge in [0.1, 0.15) is 5.82 Å². The monoisotopic (exact) mass is 319 g/mol. The summed E-state index contributed by atoms with van der Waals surface area (Å²) in [6, 6.07) is 6.26. The molecule has 1 aliphatic heterocycles. The van der Waals surface area contributed by atoms with Gasteiger partial charge in [0.2, 0.25) is 5.91 Å². The zero-order valence-corrected chi connectivity index (χ0v) is 13.3. The molecule has 1 aromatic rings. The van der Waals surface area contributed by atoms with E-state index in [4.69, 9.17) is 0 Å². The summed E-state index contributed by atoms with van der Waals surface area (Å²) in [6.07, 6.45) is 3.62. The van der Waals surface area contributed by atoms with Crippen molar-refractivity contribution in [2.24, 2.45) is 5.41 Å². The van der Waals surface area contributed by atoms with Gasteiger partial charge in [0.15, 0.2) is 0 Å². The topological polar surface area (TPSA) is 57.6 Å². The third-order valence-corrected chi connectivity index (χ3v) is 5.49. The molecule has 2 fully saturated rings. The third-order valence-electron chi connectivity index (χ3n) is 5.49. The van der Waals surface area contributed by atoms with Crippen LogP contribution in [0.4, 0.5) is 4.39 Å². The molecule has 3 rings (SSSR count). The number of aliphatic carboxylic acids is 1. The number of benzene rings is 1. The van der Waals surface area contributed by atoms with E-state index in [-0.39, 0.29) is 18.3 Å². The second-order valence-electron chi connectivity index (χ2n) is 7.14. The van der Waals surface area contributed by atoms with Crippen molar-refractivity contribution in [3.63, 3.8) is 0 Å². The van der Waals surface area contributed by atoms with Gasteiger partial charge in [0.05, 0.1) is 10.8 Å². The standard InChI is InChI=1S/C18H22FNO3/c1-17(16(22)23)7-4-10-20(12-17)15(21)18(8-3-9-18)13-5-2-6-14(19)11-13/h2,5-6,11H,3-4,7-10,12H2,1H3,(H,22,23). The number of hydrogen-bond donors (Lipinski definition) is 1. The summed E-state index contributed by atoms with van der Waals surface area (Å²) in [4.78, 5) is 26.3. The first-order chi connectivity index (χ1) is 10.9. The normalized spacial score (nSPS) is 26.4. The van der Waals surface area contributed by atoms with E-state index in [9.17, 15) is 19.1 Å². The minimum Gasteiger partial charge on any atom is -0.481 e. The molecule has 5 heteroatoms. The van der Waals surface area contributed by atoms with Crippen LogP contribution in [0.5, 0.6) is 0 Å². The first-order valence-electron chi connectivity index (χ1n) is 8.16. The van der Waals surface area contributed by atoms with Crippen molar-refractivity contribution in [3.8, 4) is 0 Å². The Morgan fingerprint density at radius 2 is 1.96 bits per heavy atom. The predicted octanol–water partition coefficient (Wildman–Crippen LogP) is 2.96. The van der Waals surface area contributed by atoms with E-state index in [1.165, 1.54) is 12.1 Å². The van der Waals surface area contributed by atoms with Crippen LogP contribution in [0.1, 0.15) is 44.6 Å². The highest BCUT2D eigenvalue weighted by Gasteiger charge is 2.50. The Labute approximate surface area is 135 Å². The first-order valence-corrected chi connectivity index (χ1v) is 8.16. The van der Waals surface area contributed by atoms with Crippen molar-refractivity contribution in [1.82, 2.24) is 4.90 Å². The molecule has 0 bridgehead atoms. The zero-order chi connectivity index (χ0) is 16.7. The molecule has 1 aliphatic carbocycles. The van der Waals surface area contributed by atoms with E-state index in [1.807, 2.05) is 0 Å². The summed E-state index contributed by atoms with van der Waals surface area (Å²) >= 11 is 0. The van der Waals surface area contributed by atoms with Gasteiger partial charge in [-0.05, 0) is 50.3 Å². The highest BCUT2D eigenvalue weighted by molar-refractivity contribution is 5.90. The molecule has 1 aromatic carbocycles. The van der Waals surface area contributed by atoms with Crippen LogP contribution in [0.15, 0.2) is 24.3 Å². The van der Waals surface area contributed by atoms with E-state index in [2.05, 4.69) is 0 Å². The second-order valence-corrected chi connectivity index (χ2v) is 7.14. The molecule has 1 saturated heterocycles. The maximum absolute atomic E-state index is 13.6. The Morgan fingerprint density at radius 1 is 1.22 bits per heavy atom. The smallest absolute Gasteiger partial charge is 0.311 e. The molecular formula is C18H22FNO3. The molecule has 0 aromatic heterocycles. The van der Waals surface area contributed by atoms with Crippen molar-refractivity contribution in [1.29, 1.82) is 0 Å². The summed E-state index contributed by atoms with van der Waals surface area (Å²) in [5.74, 6) is -1.24. The lowest BCUT2D eigenvalue weighted by Crippen LogP contribution is -2.56. The molecule has 1 amide bonds.